The third-order valence-electron chi connectivity index (χ3n) is 3.74. The van der Waals surface area contributed by atoms with Crippen molar-refractivity contribution in [3.63, 3.8) is 0 Å². The predicted octanol–water partition coefficient (Wildman–Crippen LogP) is 1.79. The van der Waals surface area contributed by atoms with Crippen LogP contribution in [-0.2, 0) is 11.3 Å². The third kappa shape index (κ3) is 2.56. The van der Waals surface area contributed by atoms with Crippen LogP contribution in [0.1, 0.15) is 22.3 Å². The average Bonchev–Trinajstić information content (AvgIpc) is 2.20. The van der Waals surface area contributed by atoms with Crippen molar-refractivity contribution in [2.45, 2.75) is 27.3 Å². The maximum atomic E-state index is 12.1. The van der Waals surface area contributed by atoms with E-state index in [9.17, 15) is 4.79 Å². The van der Waals surface area contributed by atoms with Gasteiger partial charge in [-0.3, -0.25) is 4.79 Å². The number of benzene rings is 1. The fourth-order valence-electron chi connectivity index (χ4n) is 2.55. The van der Waals surface area contributed by atoms with Gasteiger partial charge in [-0.05, 0) is 37.5 Å². The summed E-state index contributed by atoms with van der Waals surface area (Å²) in [5.41, 5.74) is 5.12. The molecular weight excluding hydrogens is 224 g/mol. The van der Waals surface area contributed by atoms with Gasteiger partial charge in [0.15, 0.2) is 0 Å². The molecule has 2 rings (SSSR count). The Balaban J connectivity index is 2.11. The molecule has 0 spiro atoms. The first-order valence-electron chi connectivity index (χ1n) is 6.51. The summed E-state index contributed by atoms with van der Waals surface area (Å²) in [6.45, 7) is 8.73. The van der Waals surface area contributed by atoms with Gasteiger partial charge in [0, 0.05) is 26.7 Å². The highest BCUT2D eigenvalue weighted by Gasteiger charge is 2.27. The summed E-state index contributed by atoms with van der Waals surface area (Å²) < 4.78 is 0. The molecule has 0 radical (unpaired) electrons. The molecule has 1 saturated heterocycles. The lowest BCUT2D eigenvalue weighted by Gasteiger charge is -2.31. The maximum Gasteiger partial charge on any atom is 0.228 e. The van der Waals surface area contributed by atoms with Gasteiger partial charge in [-0.1, -0.05) is 17.7 Å². The Kier molecular flexibility index (Phi) is 3.71. The number of nitrogens with one attached hydrogen (secondary N) is 1. The number of rotatable bonds is 3. The Morgan fingerprint density at radius 3 is 2.28 bits per heavy atom. The van der Waals surface area contributed by atoms with Crippen LogP contribution in [0.15, 0.2) is 12.1 Å². The molecule has 0 saturated carbocycles. The standard InChI is InChI=1S/C15H22N2O/c1-10-5-11(2)14(12(3)6-10)9-17(4)15(18)13-7-16-8-13/h5-6,13,16H,7-9H2,1-4H3. The van der Waals surface area contributed by atoms with Crippen molar-refractivity contribution in [3.05, 3.63) is 34.4 Å². The Morgan fingerprint density at radius 2 is 1.83 bits per heavy atom. The summed E-state index contributed by atoms with van der Waals surface area (Å²) in [7, 11) is 1.90. The van der Waals surface area contributed by atoms with E-state index in [1.807, 2.05) is 11.9 Å². The molecule has 0 bridgehead atoms. The van der Waals surface area contributed by atoms with Crippen LogP contribution in [0.3, 0.4) is 0 Å². The quantitative estimate of drug-likeness (QED) is 0.882. The van der Waals surface area contributed by atoms with E-state index in [2.05, 4.69) is 38.2 Å². The van der Waals surface area contributed by atoms with Crippen molar-refractivity contribution in [2.75, 3.05) is 20.1 Å². The molecule has 1 aliphatic rings. The Labute approximate surface area is 109 Å². The van der Waals surface area contributed by atoms with Gasteiger partial charge in [-0.25, -0.2) is 0 Å². The zero-order valence-electron chi connectivity index (χ0n) is 11.7. The zero-order chi connectivity index (χ0) is 13.3. The first-order valence-corrected chi connectivity index (χ1v) is 6.51. The van der Waals surface area contributed by atoms with E-state index >= 15 is 0 Å². The fourth-order valence-corrected chi connectivity index (χ4v) is 2.55. The molecule has 3 heteroatoms. The monoisotopic (exact) mass is 246 g/mol. The SMILES string of the molecule is Cc1cc(C)c(CN(C)C(=O)C2CNC2)c(C)c1. The Bertz CT molecular complexity index is 441. The zero-order valence-corrected chi connectivity index (χ0v) is 11.7. The number of amides is 1. The lowest BCUT2D eigenvalue weighted by atomic mass is 9.98. The Morgan fingerprint density at radius 1 is 1.28 bits per heavy atom. The predicted molar refractivity (Wildman–Crippen MR) is 73.5 cm³/mol. The van der Waals surface area contributed by atoms with E-state index in [4.69, 9.17) is 0 Å². The van der Waals surface area contributed by atoms with Crippen molar-refractivity contribution in [2.24, 2.45) is 5.92 Å². The molecule has 0 aliphatic carbocycles. The van der Waals surface area contributed by atoms with Gasteiger partial charge in [0.2, 0.25) is 5.91 Å². The molecule has 1 aliphatic heterocycles. The lowest BCUT2D eigenvalue weighted by Crippen LogP contribution is -2.51. The van der Waals surface area contributed by atoms with Gasteiger partial charge in [0.05, 0.1) is 5.92 Å². The average molecular weight is 246 g/mol. The van der Waals surface area contributed by atoms with Gasteiger partial charge in [-0.2, -0.15) is 0 Å². The smallest absolute Gasteiger partial charge is 0.228 e. The summed E-state index contributed by atoms with van der Waals surface area (Å²) >= 11 is 0. The normalized spacial score (nSPS) is 15.3. The number of carbonyl (C=O) groups excluding carboxylic acids is 1. The van der Waals surface area contributed by atoms with Gasteiger partial charge in [0.1, 0.15) is 0 Å². The summed E-state index contributed by atoms with van der Waals surface area (Å²) in [4.78, 5) is 14.0. The minimum Gasteiger partial charge on any atom is -0.341 e. The molecular formula is C15H22N2O. The fraction of sp³-hybridized carbons (Fsp3) is 0.533. The first-order chi connectivity index (χ1) is 8.49. The number of hydrogen-bond donors (Lipinski definition) is 1. The van der Waals surface area contributed by atoms with E-state index in [1.165, 1.54) is 22.3 Å². The van der Waals surface area contributed by atoms with Crippen LogP contribution < -0.4 is 5.32 Å². The molecule has 1 aromatic rings. The topological polar surface area (TPSA) is 32.3 Å². The molecule has 0 unspecified atom stereocenters. The molecule has 1 aromatic carbocycles. The summed E-state index contributed by atoms with van der Waals surface area (Å²) in [5, 5.41) is 3.14. The molecule has 1 amide bonds. The van der Waals surface area contributed by atoms with Crippen molar-refractivity contribution < 1.29 is 4.79 Å². The molecule has 1 fully saturated rings. The molecule has 98 valence electrons. The summed E-state index contributed by atoms with van der Waals surface area (Å²) in [6.07, 6.45) is 0. The van der Waals surface area contributed by atoms with Crippen LogP contribution in [0, 0.1) is 26.7 Å². The van der Waals surface area contributed by atoms with Gasteiger partial charge in [0.25, 0.3) is 0 Å². The maximum absolute atomic E-state index is 12.1. The second-order valence-corrected chi connectivity index (χ2v) is 5.43. The van der Waals surface area contributed by atoms with Crippen molar-refractivity contribution in [3.8, 4) is 0 Å². The lowest BCUT2D eigenvalue weighted by molar-refractivity contribution is -0.136. The van der Waals surface area contributed by atoms with Crippen LogP contribution in [0.2, 0.25) is 0 Å². The third-order valence-corrected chi connectivity index (χ3v) is 3.74. The largest absolute Gasteiger partial charge is 0.341 e. The number of nitrogens with zero attached hydrogens (tertiary/aromatic N) is 1. The second kappa shape index (κ2) is 5.11. The van der Waals surface area contributed by atoms with Gasteiger partial charge >= 0.3 is 0 Å². The van der Waals surface area contributed by atoms with Gasteiger partial charge < -0.3 is 10.2 Å². The van der Waals surface area contributed by atoms with Crippen LogP contribution in [0.4, 0.5) is 0 Å². The Hall–Kier alpha value is -1.35. The highest BCUT2D eigenvalue weighted by molar-refractivity contribution is 5.80. The van der Waals surface area contributed by atoms with E-state index < -0.39 is 0 Å². The van der Waals surface area contributed by atoms with Crippen LogP contribution in [0.25, 0.3) is 0 Å². The van der Waals surface area contributed by atoms with Crippen molar-refractivity contribution in [1.29, 1.82) is 0 Å². The second-order valence-electron chi connectivity index (χ2n) is 5.43. The van der Waals surface area contributed by atoms with E-state index in [-0.39, 0.29) is 11.8 Å². The molecule has 1 N–H and O–H groups in total. The molecule has 0 aromatic heterocycles. The van der Waals surface area contributed by atoms with Gasteiger partial charge in [-0.15, -0.1) is 0 Å². The summed E-state index contributed by atoms with van der Waals surface area (Å²) in [5.74, 6) is 0.439. The van der Waals surface area contributed by atoms with E-state index in [0.717, 1.165) is 13.1 Å². The number of hydrogen-bond acceptors (Lipinski definition) is 2. The van der Waals surface area contributed by atoms with Crippen LogP contribution in [-0.4, -0.2) is 30.9 Å². The molecule has 18 heavy (non-hydrogen) atoms. The highest BCUT2D eigenvalue weighted by atomic mass is 16.2. The highest BCUT2D eigenvalue weighted by Crippen LogP contribution is 2.19. The summed E-state index contributed by atoms with van der Waals surface area (Å²) in [6, 6.07) is 4.37. The molecule has 0 atom stereocenters. The molecule has 1 heterocycles. The van der Waals surface area contributed by atoms with Crippen LogP contribution >= 0.6 is 0 Å². The van der Waals surface area contributed by atoms with E-state index in [0.29, 0.717) is 6.54 Å². The van der Waals surface area contributed by atoms with Crippen LogP contribution in [0.5, 0.6) is 0 Å². The first kappa shape index (κ1) is 13.1. The number of carbonyl (C=O) groups is 1. The minimum absolute atomic E-state index is 0.182. The van der Waals surface area contributed by atoms with Crippen molar-refractivity contribution >= 4 is 5.91 Å². The van der Waals surface area contributed by atoms with E-state index in [1.54, 1.807) is 0 Å². The number of aryl methyl sites for hydroxylation is 3. The minimum atomic E-state index is 0.182. The van der Waals surface area contributed by atoms with Crippen molar-refractivity contribution in [1.82, 2.24) is 10.2 Å². The molecule has 3 nitrogen and oxygen atoms in total.